The zero-order valence-corrected chi connectivity index (χ0v) is 10.4. The number of carbonyl (C=O) groups excluding carboxylic acids is 3. The molecule has 7 nitrogen and oxygen atoms in total. The molecule has 102 valence electrons. The van der Waals surface area contributed by atoms with E-state index in [-0.39, 0.29) is 13.1 Å². The van der Waals surface area contributed by atoms with Crippen LogP contribution in [0.3, 0.4) is 0 Å². The van der Waals surface area contributed by atoms with E-state index < -0.39 is 11.8 Å². The van der Waals surface area contributed by atoms with Crippen LogP contribution in [-0.2, 0) is 20.9 Å². The highest BCUT2D eigenvalue weighted by Crippen LogP contribution is 1.93. The molecule has 1 heterocycles. The summed E-state index contributed by atoms with van der Waals surface area (Å²) in [6.45, 7) is 0.609. The highest BCUT2D eigenvalue weighted by molar-refractivity contribution is 6.36. The molecule has 0 saturated carbocycles. The van der Waals surface area contributed by atoms with Crippen molar-refractivity contribution in [3.05, 3.63) is 30.1 Å². The smallest absolute Gasteiger partial charge is 0.318 e. The standard InChI is InChI=1S/C12H16N4O3/c13-5-3-7-16(9-17)12(19)11(18)15-8-10-4-1-2-6-14-10/h1-2,4,6,9H,3,5,7-8,13H2,(H,15,18). The number of hydrogen-bond donors (Lipinski definition) is 2. The van der Waals surface area contributed by atoms with E-state index in [1.165, 1.54) is 0 Å². The zero-order chi connectivity index (χ0) is 14.1. The van der Waals surface area contributed by atoms with E-state index in [0.717, 1.165) is 4.90 Å². The molecule has 1 aromatic rings. The van der Waals surface area contributed by atoms with Crippen LogP contribution in [-0.4, -0.2) is 41.2 Å². The second-order valence-corrected chi connectivity index (χ2v) is 3.75. The largest absolute Gasteiger partial charge is 0.342 e. The van der Waals surface area contributed by atoms with Gasteiger partial charge in [-0.15, -0.1) is 0 Å². The fourth-order valence-electron chi connectivity index (χ4n) is 1.34. The van der Waals surface area contributed by atoms with Gasteiger partial charge in [0.2, 0.25) is 6.41 Å². The van der Waals surface area contributed by atoms with Gasteiger partial charge in [0.25, 0.3) is 0 Å². The Bertz CT molecular complexity index is 436. The number of carbonyl (C=O) groups is 3. The number of amides is 3. The molecule has 3 N–H and O–H groups in total. The molecule has 1 rings (SSSR count). The summed E-state index contributed by atoms with van der Waals surface area (Å²) >= 11 is 0. The summed E-state index contributed by atoms with van der Waals surface area (Å²) in [7, 11) is 0. The second kappa shape index (κ2) is 7.93. The maximum atomic E-state index is 11.6. The van der Waals surface area contributed by atoms with Gasteiger partial charge in [-0.25, -0.2) is 0 Å². The number of nitrogens with zero attached hydrogens (tertiary/aromatic N) is 2. The second-order valence-electron chi connectivity index (χ2n) is 3.75. The Morgan fingerprint density at radius 3 is 2.79 bits per heavy atom. The molecule has 0 fully saturated rings. The van der Waals surface area contributed by atoms with E-state index >= 15 is 0 Å². The van der Waals surface area contributed by atoms with Gasteiger partial charge in [0.1, 0.15) is 0 Å². The van der Waals surface area contributed by atoms with Gasteiger partial charge in [-0.05, 0) is 25.1 Å². The molecule has 0 radical (unpaired) electrons. The highest BCUT2D eigenvalue weighted by Gasteiger charge is 2.20. The molecule has 0 aliphatic rings. The Labute approximate surface area is 110 Å². The first-order valence-electron chi connectivity index (χ1n) is 5.83. The Kier molecular flexibility index (Phi) is 6.17. The lowest BCUT2D eigenvalue weighted by molar-refractivity contribution is -0.148. The topological polar surface area (TPSA) is 105 Å². The fourth-order valence-corrected chi connectivity index (χ4v) is 1.34. The van der Waals surface area contributed by atoms with Crippen LogP contribution in [0.5, 0.6) is 0 Å². The van der Waals surface area contributed by atoms with Gasteiger partial charge >= 0.3 is 11.8 Å². The normalized spacial score (nSPS) is 9.74. The Hall–Kier alpha value is -2.28. The van der Waals surface area contributed by atoms with Gasteiger partial charge in [0.15, 0.2) is 0 Å². The lowest BCUT2D eigenvalue weighted by atomic mass is 10.3. The van der Waals surface area contributed by atoms with E-state index in [4.69, 9.17) is 5.73 Å². The third kappa shape index (κ3) is 4.84. The van der Waals surface area contributed by atoms with Crippen LogP contribution in [0.1, 0.15) is 12.1 Å². The number of nitrogens with one attached hydrogen (secondary N) is 1. The number of rotatable bonds is 6. The molecular formula is C12H16N4O3. The molecule has 7 heteroatoms. The molecule has 0 saturated heterocycles. The average Bonchev–Trinajstić information content (AvgIpc) is 2.46. The third-order valence-electron chi connectivity index (χ3n) is 2.34. The summed E-state index contributed by atoms with van der Waals surface area (Å²) in [5.74, 6) is -1.73. The number of imide groups is 1. The molecule has 0 atom stereocenters. The summed E-state index contributed by atoms with van der Waals surface area (Å²) < 4.78 is 0. The summed E-state index contributed by atoms with van der Waals surface area (Å²) in [6, 6.07) is 5.24. The predicted molar refractivity (Wildman–Crippen MR) is 67.5 cm³/mol. The van der Waals surface area contributed by atoms with Gasteiger partial charge in [-0.1, -0.05) is 6.07 Å². The average molecular weight is 264 g/mol. The molecule has 0 aliphatic heterocycles. The molecule has 0 spiro atoms. The van der Waals surface area contributed by atoms with Crippen molar-refractivity contribution in [1.82, 2.24) is 15.2 Å². The van der Waals surface area contributed by atoms with E-state index in [1.807, 2.05) is 0 Å². The molecule has 0 bridgehead atoms. The van der Waals surface area contributed by atoms with Crippen molar-refractivity contribution in [2.24, 2.45) is 5.73 Å². The maximum absolute atomic E-state index is 11.6. The number of pyridine rings is 1. The molecule has 0 aromatic carbocycles. The van der Waals surface area contributed by atoms with Crippen LogP contribution >= 0.6 is 0 Å². The first-order valence-corrected chi connectivity index (χ1v) is 5.83. The number of aromatic nitrogens is 1. The maximum Gasteiger partial charge on any atom is 0.318 e. The summed E-state index contributed by atoms with van der Waals surface area (Å²) in [6.07, 6.45) is 2.37. The Morgan fingerprint density at radius 2 is 2.21 bits per heavy atom. The lowest BCUT2D eigenvalue weighted by Gasteiger charge is -2.14. The lowest BCUT2D eigenvalue weighted by Crippen LogP contribution is -2.43. The molecule has 0 unspecified atom stereocenters. The van der Waals surface area contributed by atoms with Crippen LogP contribution in [0.25, 0.3) is 0 Å². The van der Waals surface area contributed by atoms with Gasteiger partial charge < -0.3 is 11.1 Å². The zero-order valence-electron chi connectivity index (χ0n) is 10.4. The minimum absolute atomic E-state index is 0.134. The predicted octanol–water partition coefficient (Wildman–Crippen LogP) is -0.968. The quantitative estimate of drug-likeness (QED) is 0.508. The van der Waals surface area contributed by atoms with Crippen LogP contribution < -0.4 is 11.1 Å². The van der Waals surface area contributed by atoms with Crippen LogP contribution in [0, 0.1) is 0 Å². The van der Waals surface area contributed by atoms with E-state index in [9.17, 15) is 14.4 Å². The van der Waals surface area contributed by atoms with E-state index in [0.29, 0.717) is 25.1 Å². The van der Waals surface area contributed by atoms with Crippen molar-refractivity contribution in [3.63, 3.8) is 0 Å². The van der Waals surface area contributed by atoms with Crippen LogP contribution in [0.15, 0.2) is 24.4 Å². The minimum atomic E-state index is -0.889. The van der Waals surface area contributed by atoms with Crippen molar-refractivity contribution in [2.45, 2.75) is 13.0 Å². The highest BCUT2D eigenvalue weighted by atomic mass is 16.2. The first-order chi connectivity index (χ1) is 9.19. The van der Waals surface area contributed by atoms with Crippen molar-refractivity contribution < 1.29 is 14.4 Å². The van der Waals surface area contributed by atoms with Gasteiger partial charge in [-0.2, -0.15) is 0 Å². The fraction of sp³-hybridized carbons (Fsp3) is 0.333. The van der Waals surface area contributed by atoms with Crippen LogP contribution in [0.2, 0.25) is 0 Å². The Balaban J connectivity index is 2.47. The summed E-state index contributed by atoms with van der Waals surface area (Å²) in [5, 5.41) is 2.41. The minimum Gasteiger partial charge on any atom is -0.342 e. The van der Waals surface area contributed by atoms with Gasteiger partial charge in [0, 0.05) is 12.7 Å². The monoisotopic (exact) mass is 264 g/mol. The Morgan fingerprint density at radius 1 is 1.42 bits per heavy atom. The SMILES string of the molecule is NCCCN(C=O)C(=O)C(=O)NCc1ccccn1. The summed E-state index contributed by atoms with van der Waals surface area (Å²) in [5.41, 5.74) is 5.91. The van der Waals surface area contributed by atoms with E-state index in [1.54, 1.807) is 24.4 Å². The summed E-state index contributed by atoms with van der Waals surface area (Å²) in [4.78, 5) is 38.7. The van der Waals surface area contributed by atoms with Crippen LogP contribution in [0.4, 0.5) is 0 Å². The first kappa shape index (κ1) is 14.8. The molecule has 3 amide bonds. The van der Waals surface area contributed by atoms with E-state index in [2.05, 4.69) is 10.3 Å². The molecule has 1 aromatic heterocycles. The number of hydrogen-bond acceptors (Lipinski definition) is 5. The molecular weight excluding hydrogens is 248 g/mol. The molecule has 19 heavy (non-hydrogen) atoms. The van der Waals surface area contributed by atoms with Crippen molar-refractivity contribution in [1.29, 1.82) is 0 Å². The van der Waals surface area contributed by atoms with Crippen molar-refractivity contribution >= 4 is 18.2 Å². The third-order valence-corrected chi connectivity index (χ3v) is 2.34. The molecule has 0 aliphatic carbocycles. The van der Waals surface area contributed by atoms with Gasteiger partial charge in [0.05, 0.1) is 12.2 Å². The number of nitrogens with two attached hydrogens (primary N) is 1. The van der Waals surface area contributed by atoms with Gasteiger partial charge in [-0.3, -0.25) is 24.3 Å². The van der Waals surface area contributed by atoms with Crippen molar-refractivity contribution in [2.75, 3.05) is 13.1 Å². The van der Waals surface area contributed by atoms with Crippen molar-refractivity contribution in [3.8, 4) is 0 Å².